The molecule has 0 amide bonds. The predicted octanol–water partition coefficient (Wildman–Crippen LogP) is 1.52. The third-order valence-electron chi connectivity index (χ3n) is 4.06. The topological polar surface area (TPSA) is 99.0 Å². The molecule has 0 aliphatic rings. The van der Waals surface area contributed by atoms with Crippen molar-refractivity contribution in [3.63, 3.8) is 0 Å². The number of ether oxygens (including phenoxy) is 1. The highest BCUT2D eigenvalue weighted by molar-refractivity contribution is 8.00. The monoisotopic (exact) mass is 388 g/mol. The maximum Gasteiger partial charge on any atom is 0.329 e. The summed E-state index contributed by atoms with van der Waals surface area (Å²) in [6, 6.07) is 9.59. The maximum absolute atomic E-state index is 12.5. The first-order valence-electron chi connectivity index (χ1n) is 8.49. The zero-order valence-corrected chi connectivity index (χ0v) is 16.1. The Balaban J connectivity index is 2.13. The van der Waals surface area contributed by atoms with Crippen molar-refractivity contribution in [3.8, 4) is 0 Å². The minimum absolute atomic E-state index is 0.276. The summed E-state index contributed by atoms with van der Waals surface area (Å²) in [7, 11) is 1.55. The summed E-state index contributed by atoms with van der Waals surface area (Å²) in [5.74, 6) is -0.358. The molecular weight excluding hydrogens is 368 g/mol. The molecular formula is C18H20N4O4S. The average molecular weight is 388 g/mol. The molecule has 3 rings (SSSR count). The van der Waals surface area contributed by atoms with E-state index < -0.39 is 16.5 Å². The van der Waals surface area contributed by atoms with E-state index in [1.165, 1.54) is 16.3 Å². The fourth-order valence-corrected chi connectivity index (χ4v) is 3.59. The zero-order valence-electron chi connectivity index (χ0n) is 15.3. The van der Waals surface area contributed by atoms with Gasteiger partial charge in [-0.05, 0) is 19.4 Å². The van der Waals surface area contributed by atoms with Gasteiger partial charge in [0.25, 0.3) is 5.56 Å². The number of aryl methyl sites for hydroxylation is 1. The van der Waals surface area contributed by atoms with Gasteiger partial charge in [-0.1, -0.05) is 42.1 Å². The van der Waals surface area contributed by atoms with Gasteiger partial charge < -0.3 is 9.30 Å². The van der Waals surface area contributed by atoms with Crippen LogP contribution in [0.15, 0.2) is 45.1 Å². The molecule has 1 atom stereocenters. The number of imidazole rings is 1. The van der Waals surface area contributed by atoms with Crippen LogP contribution in [0.25, 0.3) is 11.2 Å². The second kappa shape index (κ2) is 7.83. The van der Waals surface area contributed by atoms with Crippen LogP contribution >= 0.6 is 11.8 Å². The summed E-state index contributed by atoms with van der Waals surface area (Å²) in [6.07, 6.45) is 0. The third-order valence-corrected chi connectivity index (χ3v) is 5.12. The molecule has 3 aromatic rings. The summed E-state index contributed by atoms with van der Waals surface area (Å²) in [5, 5.41) is -0.0338. The lowest BCUT2D eigenvalue weighted by molar-refractivity contribution is -0.142. The first kappa shape index (κ1) is 19.0. The van der Waals surface area contributed by atoms with Gasteiger partial charge in [-0.15, -0.1) is 0 Å². The summed E-state index contributed by atoms with van der Waals surface area (Å²) in [6.45, 7) is 4.14. The second-order valence-corrected chi connectivity index (χ2v) is 7.28. The Hall–Kier alpha value is -2.81. The van der Waals surface area contributed by atoms with Gasteiger partial charge in [0, 0.05) is 7.05 Å². The van der Waals surface area contributed by atoms with Crippen LogP contribution in [0.4, 0.5) is 0 Å². The van der Waals surface area contributed by atoms with Crippen molar-refractivity contribution in [1.29, 1.82) is 0 Å². The summed E-state index contributed by atoms with van der Waals surface area (Å²) in [5.41, 5.74) is 0.493. The molecule has 142 valence electrons. The number of carbonyl (C=O) groups is 1. The lowest BCUT2D eigenvalue weighted by Gasteiger charge is -2.12. The number of benzene rings is 1. The van der Waals surface area contributed by atoms with Gasteiger partial charge >= 0.3 is 11.7 Å². The standard InChI is InChI=1S/C18H20N4O4S/c1-4-26-16(24)11(2)27-18-19-14-13(15(23)20-17(25)21(14)3)22(18)10-12-8-6-5-7-9-12/h5-9,11H,4,10H2,1-3H3,(H,20,23,25)/t11-/m0/s1. The van der Waals surface area contributed by atoms with Crippen molar-refractivity contribution in [2.24, 2.45) is 7.05 Å². The summed E-state index contributed by atoms with van der Waals surface area (Å²) >= 11 is 1.20. The van der Waals surface area contributed by atoms with E-state index in [1.807, 2.05) is 30.3 Å². The number of aromatic amines is 1. The molecule has 0 radical (unpaired) electrons. The lowest BCUT2D eigenvalue weighted by Crippen LogP contribution is -2.29. The van der Waals surface area contributed by atoms with Crippen LogP contribution in [0.5, 0.6) is 0 Å². The number of hydrogen-bond donors (Lipinski definition) is 1. The van der Waals surface area contributed by atoms with Crippen molar-refractivity contribution in [3.05, 3.63) is 56.7 Å². The number of nitrogens with zero attached hydrogens (tertiary/aromatic N) is 3. The summed E-state index contributed by atoms with van der Waals surface area (Å²) < 4.78 is 8.07. The first-order valence-corrected chi connectivity index (χ1v) is 9.37. The number of hydrogen-bond acceptors (Lipinski definition) is 6. The van der Waals surface area contributed by atoms with E-state index in [1.54, 1.807) is 25.5 Å². The van der Waals surface area contributed by atoms with Crippen molar-refractivity contribution in [1.82, 2.24) is 19.1 Å². The van der Waals surface area contributed by atoms with Gasteiger partial charge in [0.15, 0.2) is 16.3 Å². The molecule has 1 N–H and O–H groups in total. The van der Waals surface area contributed by atoms with Crippen molar-refractivity contribution in [2.75, 3.05) is 6.61 Å². The molecule has 0 saturated carbocycles. The molecule has 2 heterocycles. The second-order valence-electron chi connectivity index (χ2n) is 5.97. The number of aromatic nitrogens is 4. The zero-order chi connectivity index (χ0) is 19.6. The van der Waals surface area contributed by atoms with Crippen molar-refractivity contribution < 1.29 is 9.53 Å². The van der Waals surface area contributed by atoms with Crippen LogP contribution in [0.3, 0.4) is 0 Å². The van der Waals surface area contributed by atoms with Gasteiger partial charge in [0.05, 0.1) is 13.2 Å². The lowest BCUT2D eigenvalue weighted by atomic mass is 10.2. The Morgan fingerprint density at radius 1 is 1.30 bits per heavy atom. The molecule has 0 aliphatic heterocycles. The Labute approximate surface area is 159 Å². The van der Waals surface area contributed by atoms with E-state index in [-0.39, 0.29) is 11.6 Å². The summed E-state index contributed by atoms with van der Waals surface area (Å²) in [4.78, 5) is 43.2. The first-order chi connectivity index (χ1) is 12.9. The van der Waals surface area contributed by atoms with E-state index in [9.17, 15) is 14.4 Å². The molecule has 0 saturated heterocycles. The molecule has 0 bridgehead atoms. The quantitative estimate of drug-likeness (QED) is 0.508. The number of esters is 1. The Bertz CT molecular complexity index is 1080. The third kappa shape index (κ3) is 3.82. The number of carbonyl (C=O) groups excluding carboxylic acids is 1. The number of nitrogens with one attached hydrogen (secondary N) is 1. The largest absolute Gasteiger partial charge is 0.465 e. The SMILES string of the molecule is CCOC(=O)[C@H](C)Sc1nc2c(c(=O)[nH]c(=O)n2C)n1Cc1ccccc1. The highest BCUT2D eigenvalue weighted by Crippen LogP contribution is 2.27. The van der Waals surface area contributed by atoms with Crippen molar-refractivity contribution in [2.45, 2.75) is 30.8 Å². The molecule has 9 heteroatoms. The van der Waals surface area contributed by atoms with E-state index in [4.69, 9.17) is 4.74 Å². The molecule has 1 aromatic carbocycles. The van der Waals surface area contributed by atoms with E-state index in [2.05, 4.69) is 9.97 Å². The molecule has 0 fully saturated rings. The molecule has 0 aliphatic carbocycles. The van der Waals surface area contributed by atoms with E-state index in [0.717, 1.165) is 5.56 Å². The van der Waals surface area contributed by atoms with Crippen LogP contribution in [0, 0.1) is 0 Å². The number of rotatable bonds is 6. The minimum Gasteiger partial charge on any atom is -0.465 e. The number of H-pyrrole nitrogens is 1. The Morgan fingerprint density at radius 2 is 2.00 bits per heavy atom. The molecule has 0 unspecified atom stereocenters. The normalized spacial score (nSPS) is 12.3. The van der Waals surface area contributed by atoms with Crippen LogP contribution in [-0.4, -0.2) is 36.9 Å². The fourth-order valence-electron chi connectivity index (χ4n) is 2.68. The minimum atomic E-state index is -0.535. The molecule has 0 spiro atoms. The Kier molecular flexibility index (Phi) is 5.50. The van der Waals surface area contributed by atoms with Gasteiger partial charge in [0.2, 0.25) is 0 Å². The van der Waals surface area contributed by atoms with Gasteiger partial charge in [-0.3, -0.25) is 19.1 Å². The molecule has 8 nitrogen and oxygen atoms in total. The predicted molar refractivity (Wildman–Crippen MR) is 103 cm³/mol. The van der Waals surface area contributed by atoms with Crippen LogP contribution < -0.4 is 11.2 Å². The van der Waals surface area contributed by atoms with Gasteiger partial charge in [-0.25, -0.2) is 9.78 Å². The van der Waals surface area contributed by atoms with Crippen LogP contribution in [0.2, 0.25) is 0 Å². The number of thioether (sulfide) groups is 1. The van der Waals surface area contributed by atoms with E-state index >= 15 is 0 Å². The molecule has 27 heavy (non-hydrogen) atoms. The van der Waals surface area contributed by atoms with Crippen LogP contribution in [-0.2, 0) is 23.1 Å². The van der Waals surface area contributed by atoms with Gasteiger partial charge in [0.1, 0.15) is 5.25 Å². The van der Waals surface area contributed by atoms with Crippen molar-refractivity contribution >= 4 is 28.9 Å². The fraction of sp³-hybridized carbons (Fsp3) is 0.333. The van der Waals surface area contributed by atoms with Crippen LogP contribution in [0.1, 0.15) is 19.4 Å². The highest BCUT2D eigenvalue weighted by atomic mass is 32.2. The Morgan fingerprint density at radius 3 is 2.67 bits per heavy atom. The maximum atomic E-state index is 12.5. The highest BCUT2D eigenvalue weighted by Gasteiger charge is 2.23. The smallest absolute Gasteiger partial charge is 0.329 e. The van der Waals surface area contributed by atoms with E-state index in [0.29, 0.717) is 23.8 Å². The average Bonchev–Trinajstić information content (AvgIpc) is 2.99. The number of fused-ring (bicyclic) bond motifs is 1. The van der Waals surface area contributed by atoms with Gasteiger partial charge in [-0.2, -0.15) is 0 Å². The molecule has 2 aromatic heterocycles.